The van der Waals surface area contributed by atoms with Crippen molar-refractivity contribution in [3.8, 4) is 0 Å². The molecule has 4 aliphatic carbocycles. The molecule has 0 bridgehead atoms. The SMILES string of the molecule is CC(C)(O)CCC[C@@](C)(O)[C@H]1CC[C@]2(C)[C@@H]1[C@H](O)C[C@@H]1[C@@]3(C)CC[C@H](NC(=O)C4CCCNC4)C(C)(C)[C@@H]3CC[C@]12C. The van der Waals surface area contributed by atoms with Crippen molar-refractivity contribution in [3.05, 3.63) is 0 Å². The number of rotatable bonds is 7. The van der Waals surface area contributed by atoms with Crippen LogP contribution in [0.25, 0.3) is 0 Å². The van der Waals surface area contributed by atoms with E-state index < -0.39 is 17.3 Å². The molecule has 0 aromatic rings. The maximum Gasteiger partial charge on any atom is 0.224 e. The molecule has 5 fully saturated rings. The van der Waals surface area contributed by atoms with Crippen molar-refractivity contribution >= 4 is 5.91 Å². The second kappa shape index (κ2) is 11.0. The highest BCUT2D eigenvalue weighted by Gasteiger charge is 2.71. The van der Waals surface area contributed by atoms with E-state index in [1.165, 1.54) is 6.42 Å². The molecule has 1 aliphatic heterocycles. The van der Waals surface area contributed by atoms with Crippen molar-refractivity contribution in [1.82, 2.24) is 10.6 Å². The van der Waals surface area contributed by atoms with Crippen molar-refractivity contribution in [2.45, 2.75) is 156 Å². The zero-order valence-corrected chi connectivity index (χ0v) is 28.2. The first-order chi connectivity index (χ1) is 19.4. The van der Waals surface area contributed by atoms with Gasteiger partial charge in [0.15, 0.2) is 0 Å². The molecule has 11 atom stereocenters. The summed E-state index contributed by atoms with van der Waals surface area (Å²) in [7, 11) is 0. The van der Waals surface area contributed by atoms with Gasteiger partial charge in [0.05, 0.1) is 23.2 Å². The first-order valence-electron chi connectivity index (χ1n) is 17.5. The molecule has 0 spiro atoms. The minimum atomic E-state index is -0.842. The summed E-state index contributed by atoms with van der Waals surface area (Å²) < 4.78 is 0. The topological polar surface area (TPSA) is 102 Å². The average Bonchev–Trinajstić information content (AvgIpc) is 3.28. The Morgan fingerprint density at radius 3 is 2.24 bits per heavy atom. The Balaban J connectivity index is 1.35. The molecular formula is C36H64N2O4. The van der Waals surface area contributed by atoms with Gasteiger partial charge in [-0.25, -0.2) is 0 Å². The Morgan fingerprint density at radius 2 is 1.60 bits per heavy atom. The van der Waals surface area contributed by atoms with E-state index in [0.29, 0.717) is 24.7 Å². The van der Waals surface area contributed by atoms with E-state index in [2.05, 4.69) is 45.3 Å². The van der Waals surface area contributed by atoms with Gasteiger partial charge >= 0.3 is 0 Å². The van der Waals surface area contributed by atoms with Crippen LogP contribution in [0, 0.1) is 51.2 Å². The number of hydrogen-bond donors (Lipinski definition) is 5. The van der Waals surface area contributed by atoms with E-state index in [1.54, 1.807) is 0 Å². The number of fused-ring (bicyclic) bond motifs is 5. The number of amides is 1. The average molecular weight is 589 g/mol. The molecule has 242 valence electrons. The lowest BCUT2D eigenvalue weighted by atomic mass is 9.35. The van der Waals surface area contributed by atoms with E-state index in [9.17, 15) is 20.1 Å². The lowest BCUT2D eigenvalue weighted by molar-refractivity contribution is -0.238. The zero-order chi connectivity index (χ0) is 30.9. The Labute approximate surface area is 256 Å². The fourth-order valence-corrected chi connectivity index (χ4v) is 12.2. The van der Waals surface area contributed by atoms with Crippen LogP contribution in [-0.4, -0.2) is 57.7 Å². The van der Waals surface area contributed by atoms with Gasteiger partial charge in [0.2, 0.25) is 5.91 Å². The van der Waals surface area contributed by atoms with Crippen LogP contribution >= 0.6 is 0 Å². The largest absolute Gasteiger partial charge is 0.393 e. The highest BCUT2D eigenvalue weighted by Crippen LogP contribution is 2.75. The van der Waals surface area contributed by atoms with Crippen molar-refractivity contribution < 1.29 is 20.1 Å². The smallest absolute Gasteiger partial charge is 0.224 e. The minimum Gasteiger partial charge on any atom is -0.393 e. The van der Waals surface area contributed by atoms with Crippen LogP contribution < -0.4 is 10.6 Å². The van der Waals surface area contributed by atoms with E-state index in [-0.39, 0.29) is 51.4 Å². The highest BCUT2D eigenvalue weighted by molar-refractivity contribution is 5.79. The van der Waals surface area contributed by atoms with Gasteiger partial charge in [0.25, 0.3) is 0 Å². The number of aliphatic hydroxyl groups excluding tert-OH is 1. The number of carbonyl (C=O) groups excluding carboxylic acids is 1. The van der Waals surface area contributed by atoms with E-state index in [0.717, 1.165) is 70.9 Å². The third-order valence-electron chi connectivity index (χ3n) is 14.7. The predicted octanol–water partition coefficient (Wildman–Crippen LogP) is 5.82. The second-order valence-electron chi connectivity index (χ2n) is 17.9. The summed E-state index contributed by atoms with van der Waals surface area (Å²) in [5, 5.41) is 41.0. The summed E-state index contributed by atoms with van der Waals surface area (Å²) in [5.41, 5.74) is -1.35. The fraction of sp³-hybridized carbons (Fsp3) is 0.972. The molecule has 5 N–H and O–H groups in total. The third kappa shape index (κ3) is 5.30. The van der Waals surface area contributed by atoms with Crippen molar-refractivity contribution in [2.75, 3.05) is 13.1 Å². The molecule has 5 rings (SSSR count). The molecule has 6 nitrogen and oxygen atoms in total. The Kier molecular flexibility index (Phi) is 8.55. The van der Waals surface area contributed by atoms with Crippen molar-refractivity contribution in [1.29, 1.82) is 0 Å². The Bertz CT molecular complexity index is 999. The zero-order valence-electron chi connectivity index (χ0n) is 28.2. The quantitative estimate of drug-likeness (QED) is 0.258. The van der Waals surface area contributed by atoms with Crippen LogP contribution in [0.5, 0.6) is 0 Å². The molecule has 0 aromatic carbocycles. The summed E-state index contributed by atoms with van der Waals surface area (Å²) in [6.45, 7) is 19.8. The molecule has 1 amide bonds. The van der Waals surface area contributed by atoms with Crippen LogP contribution in [0.15, 0.2) is 0 Å². The fourth-order valence-electron chi connectivity index (χ4n) is 12.2. The van der Waals surface area contributed by atoms with Gasteiger partial charge in [-0.05, 0) is 150 Å². The molecule has 0 radical (unpaired) electrons. The van der Waals surface area contributed by atoms with E-state index >= 15 is 0 Å². The summed E-state index contributed by atoms with van der Waals surface area (Å²) in [4.78, 5) is 13.3. The van der Waals surface area contributed by atoms with Crippen molar-refractivity contribution in [3.63, 3.8) is 0 Å². The normalized spacial score (nSPS) is 46.6. The molecule has 1 heterocycles. The molecule has 5 aliphatic rings. The molecule has 42 heavy (non-hydrogen) atoms. The van der Waals surface area contributed by atoms with Crippen LogP contribution in [0.2, 0.25) is 0 Å². The minimum absolute atomic E-state index is 0.00282. The maximum atomic E-state index is 13.3. The first kappa shape index (κ1) is 32.7. The van der Waals surface area contributed by atoms with Crippen LogP contribution in [-0.2, 0) is 4.79 Å². The number of carbonyl (C=O) groups is 1. The number of nitrogens with one attached hydrogen (secondary N) is 2. The maximum absolute atomic E-state index is 13.3. The van der Waals surface area contributed by atoms with Crippen molar-refractivity contribution in [2.24, 2.45) is 51.2 Å². The molecule has 6 heteroatoms. The van der Waals surface area contributed by atoms with Gasteiger partial charge in [0, 0.05) is 12.6 Å². The first-order valence-corrected chi connectivity index (χ1v) is 17.5. The summed E-state index contributed by atoms with van der Waals surface area (Å²) in [6.07, 6.45) is 11.1. The van der Waals surface area contributed by atoms with Crippen LogP contribution in [0.3, 0.4) is 0 Å². The number of aliphatic hydroxyl groups is 3. The lowest BCUT2D eigenvalue weighted by Crippen LogP contribution is -2.68. The Morgan fingerprint density at radius 1 is 0.905 bits per heavy atom. The Hall–Kier alpha value is -0.690. The van der Waals surface area contributed by atoms with Gasteiger partial charge < -0.3 is 26.0 Å². The van der Waals surface area contributed by atoms with Crippen LogP contribution in [0.4, 0.5) is 0 Å². The highest BCUT2D eigenvalue weighted by atomic mass is 16.3. The second-order valence-corrected chi connectivity index (χ2v) is 17.9. The number of hydrogen-bond acceptors (Lipinski definition) is 5. The number of piperidine rings is 1. The van der Waals surface area contributed by atoms with Gasteiger partial charge in [-0.15, -0.1) is 0 Å². The summed E-state index contributed by atoms with van der Waals surface area (Å²) in [6, 6.07) is 0.195. The van der Waals surface area contributed by atoms with E-state index in [1.807, 2.05) is 20.8 Å². The third-order valence-corrected chi connectivity index (χ3v) is 14.7. The molecule has 1 saturated heterocycles. The predicted molar refractivity (Wildman–Crippen MR) is 169 cm³/mol. The standard InChI is InChI=1S/C36H64N2O4/c1-31(2,41)15-10-16-36(8,42)24-12-18-35(7)29(24)25(39)21-27-33(5)17-14-28(38-30(40)23-11-9-20-37-22-23)32(3,4)26(33)13-19-34(27,35)6/h23-29,37,39,41-42H,9-22H2,1-8H3,(H,38,40)/t23?,24-,25+,26-,27+,28-,29-,33-,34+,35+,36+/m0/s1. The molecular weight excluding hydrogens is 524 g/mol. The van der Waals surface area contributed by atoms with Gasteiger partial charge in [-0.1, -0.05) is 34.6 Å². The van der Waals surface area contributed by atoms with E-state index in [4.69, 9.17) is 0 Å². The molecule has 1 unspecified atom stereocenters. The van der Waals surface area contributed by atoms with Gasteiger partial charge in [-0.3, -0.25) is 4.79 Å². The van der Waals surface area contributed by atoms with Crippen LogP contribution in [0.1, 0.15) is 132 Å². The monoisotopic (exact) mass is 588 g/mol. The summed E-state index contributed by atoms with van der Waals surface area (Å²) >= 11 is 0. The molecule has 0 aromatic heterocycles. The lowest BCUT2D eigenvalue weighted by Gasteiger charge is -2.71. The van der Waals surface area contributed by atoms with Gasteiger partial charge in [-0.2, -0.15) is 0 Å². The summed E-state index contributed by atoms with van der Waals surface area (Å²) in [5.74, 6) is 1.44. The molecule has 4 saturated carbocycles. The van der Waals surface area contributed by atoms with Gasteiger partial charge in [0.1, 0.15) is 0 Å².